The predicted molar refractivity (Wildman–Crippen MR) is 110 cm³/mol. The molecule has 0 amide bonds. The van der Waals surface area contributed by atoms with Crippen LogP contribution < -0.4 is 4.74 Å². The van der Waals surface area contributed by atoms with Gasteiger partial charge in [0.2, 0.25) is 0 Å². The number of alkyl halides is 3. The summed E-state index contributed by atoms with van der Waals surface area (Å²) in [5.74, 6) is 0.820. The van der Waals surface area contributed by atoms with Crippen molar-refractivity contribution in [3.63, 3.8) is 0 Å². The number of halogens is 3. The van der Waals surface area contributed by atoms with Crippen molar-refractivity contribution in [3.8, 4) is 5.75 Å². The molecule has 0 radical (unpaired) electrons. The molecule has 0 atom stereocenters. The standard InChI is InChI=1S/C20H19O2S.CHF3O3S/c1-21-16-22-17-12-14-20(15-13-17)23(18-8-4-2-5-9-18)19-10-6-3-7-11-19;2-1(3,4)8(5,6)7/h2-15H,16H2,1H3;(H,5,6,7)/q+1;/p-1. The third-order valence-corrected chi connectivity index (χ3v) is 6.44. The monoisotopic (exact) mass is 472 g/mol. The highest BCUT2D eigenvalue weighted by Gasteiger charge is 2.37. The van der Waals surface area contributed by atoms with Crippen LogP contribution >= 0.6 is 0 Å². The van der Waals surface area contributed by atoms with Gasteiger partial charge in [-0.3, -0.25) is 0 Å². The van der Waals surface area contributed by atoms with Crippen LogP contribution in [0.2, 0.25) is 0 Å². The van der Waals surface area contributed by atoms with Crippen LogP contribution in [0.4, 0.5) is 13.2 Å². The van der Waals surface area contributed by atoms with Gasteiger partial charge in [0.1, 0.15) is 5.75 Å². The van der Waals surface area contributed by atoms with Gasteiger partial charge in [-0.25, -0.2) is 8.42 Å². The maximum absolute atomic E-state index is 10.7. The number of hydrogen-bond donors (Lipinski definition) is 0. The molecule has 166 valence electrons. The first-order chi connectivity index (χ1) is 14.6. The predicted octanol–water partition coefficient (Wildman–Crippen LogP) is 4.82. The maximum atomic E-state index is 10.7. The fourth-order valence-electron chi connectivity index (χ4n) is 2.32. The summed E-state index contributed by atoms with van der Waals surface area (Å²) in [5, 5.41) is 0. The molecule has 0 saturated carbocycles. The van der Waals surface area contributed by atoms with Crippen LogP contribution in [0.3, 0.4) is 0 Å². The first kappa shape index (κ1) is 24.7. The van der Waals surface area contributed by atoms with Crippen LogP contribution in [0.25, 0.3) is 0 Å². The van der Waals surface area contributed by atoms with Gasteiger partial charge in [-0.1, -0.05) is 36.4 Å². The molecule has 0 aliphatic heterocycles. The molecule has 3 rings (SSSR count). The van der Waals surface area contributed by atoms with Gasteiger partial charge in [0.15, 0.2) is 31.6 Å². The van der Waals surface area contributed by atoms with Crippen LogP contribution in [0.5, 0.6) is 5.75 Å². The number of benzene rings is 3. The highest BCUT2D eigenvalue weighted by atomic mass is 32.2. The van der Waals surface area contributed by atoms with Gasteiger partial charge in [0.25, 0.3) is 0 Å². The smallest absolute Gasteiger partial charge is 0.485 e. The third kappa shape index (κ3) is 7.59. The summed E-state index contributed by atoms with van der Waals surface area (Å²) in [5.41, 5.74) is -5.65. The first-order valence-electron chi connectivity index (χ1n) is 8.72. The second kappa shape index (κ2) is 11.2. The summed E-state index contributed by atoms with van der Waals surface area (Å²) >= 11 is 0. The Morgan fingerprint density at radius 2 is 1.19 bits per heavy atom. The van der Waals surface area contributed by atoms with Gasteiger partial charge in [0, 0.05) is 7.11 Å². The van der Waals surface area contributed by atoms with Crippen LogP contribution in [-0.2, 0) is 25.7 Å². The van der Waals surface area contributed by atoms with E-state index < -0.39 is 15.6 Å². The molecule has 0 bridgehead atoms. The molecule has 0 spiro atoms. The quantitative estimate of drug-likeness (QED) is 0.223. The Hall–Kier alpha value is -2.53. The summed E-state index contributed by atoms with van der Waals surface area (Å²) in [6.45, 7) is 0.266. The molecule has 0 aliphatic rings. The Kier molecular flexibility index (Phi) is 8.93. The van der Waals surface area contributed by atoms with E-state index in [-0.39, 0.29) is 17.7 Å². The molecule has 0 aromatic heterocycles. The number of hydrogen-bond acceptors (Lipinski definition) is 5. The molecular weight excluding hydrogens is 453 g/mol. The molecule has 0 saturated heterocycles. The second-order valence-corrected chi connectivity index (χ2v) is 9.25. The average Bonchev–Trinajstić information content (AvgIpc) is 2.74. The number of methoxy groups -OCH3 is 1. The van der Waals surface area contributed by atoms with Crippen LogP contribution in [0, 0.1) is 0 Å². The summed E-state index contributed by atoms with van der Waals surface area (Å²) in [6.07, 6.45) is 0. The summed E-state index contributed by atoms with van der Waals surface area (Å²) in [4.78, 5) is 3.89. The van der Waals surface area contributed by atoms with Crippen molar-refractivity contribution >= 4 is 21.0 Å². The molecular formula is C21H19F3O5S2. The maximum Gasteiger partial charge on any atom is 0.485 e. The third-order valence-electron chi connectivity index (χ3n) is 3.64. The van der Waals surface area contributed by atoms with E-state index in [0.717, 1.165) is 5.75 Å². The highest BCUT2D eigenvalue weighted by molar-refractivity contribution is 7.97. The molecule has 0 fully saturated rings. The number of ether oxygens (including phenoxy) is 2. The fraction of sp³-hybridized carbons (Fsp3) is 0.143. The fourth-order valence-corrected chi connectivity index (χ4v) is 4.40. The van der Waals surface area contributed by atoms with E-state index >= 15 is 0 Å². The normalized spacial score (nSPS) is 11.5. The van der Waals surface area contributed by atoms with Gasteiger partial charge >= 0.3 is 5.51 Å². The Balaban J connectivity index is 0.000000366. The van der Waals surface area contributed by atoms with E-state index in [1.165, 1.54) is 14.7 Å². The van der Waals surface area contributed by atoms with Crippen molar-refractivity contribution in [3.05, 3.63) is 84.9 Å². The first-order valence-corrected chi connectivity index (χ1v) is 11.3. The van der Waals surface area contributed by atoms with E-state index in [1.807, 2.05) is 12.1 Å². The lowest BCUT2D eigenvalue weighted by Crippen LogP contribution is -2.21. The van der Waals surface area contributed by atoms with E-state index in [0.29, 0.717) is 0 Å². The van der Waals surface area contributed by atoms with Crippen LogP contribution in [-0.4, -0.2) is 32.4 Å². The molecule has 0 aliphatic carbocycles. The van der Waals surface area contributed by atoms with Crippen molar-refractivity contribution in [2.24, 2.45) is 0 Å². The van der Waals surface area contributed by atoms with Crippen molar-refractivity contribution in [1.82, 2.24) is 0 Å². The van der Waals surface area contributed by atoms with Crippen molar-refractivity contribution in [2.75, 3.05) is 13.9 Å². The molecule has 0 unspecified atom stereocenters. The van der Waals surface area contributed by atoms with Gasteiger partial charge in [-0.2, -0.15) is 13.2 Å². The minimum absolute atomic E-state index is 0.115. The minimum atomic E-state index is -6.09. The van der Waals surface area contributed by atoms with Gasteiger partial charge < -0.3 is 14.0 Å². The molecule has 3 aromatic carbocycles. The topological polar surface area (TPSA) is 75.7 Å². The summed E-state index contributed by atoms with van der Waals surface area (Å²) in [6, 6.07) is 29.5. The Bertz CT molecular complexity index is 987. The largest absolute Gasteiger partial charge is 0.741 e. The Morgan fingerprint density at radius 3 is 1.55 bits per heavy atom. The minimum Gasteiger partial charge on any atom is -0.741 e. The zero-order chi connectivity index (χ0) is 22.9. The van der Waals surface area contributed by atoms with Gasteiger partial charge in [-0.05, 0) is 48.5 Å². The summed E-state index contributed by atoms with van der Waals surface area (Å²) in [7, 11) is -4.58. The zero-order valence-corrected chi connectivity index (χ0v) is 17.9. The summed E-state index contributed by atoms with van der Waals surface area (Å²) < 4.78 is 69.3. The molecule has 3 aromatic rings. The molecule has 10 heteroatoms. The molecule has 0 heterocycles. The lowest BCUT2D eigenvalue weighted by Gasteiger charge is -2.09. The second-order valence-electron chi connectivity index (χ2n) is 5.85. The lowest BCUT2D eigenvalue weighted by atomic mass is 10.3. The van der Waals surface area contributed by atoms with E-state index in [9.17, 15) is 13.2 Å². The zero-order valence-electron chi connectivity index (χ0n) is 16.3. The van der Waals surface area contributed by atoms with E-state index in [2.05, 4.69) is 72.8 Å². The van der Waals surface area contributed by atoms with Crippen LogP contribution in [0.15, 0.2) is 99.6 Å². The molecule has 0 N–H and O–H groups in total. The molecule has 5 nitrogen and oxygen atoms in total. The van der Waals surface area contributed by atoms with Crippen molar-refractivity contribution in [2.45, 2.75) is 20.2 Å². The van der Waals surface area contributed by atoms with Crippen LogP contribution in [0.1, 0.15) is 0 Å². The van der Waals surface area contributed by atoms with Crippen molar-refractivity contribution in [1.29, 1.82) is 0 Å². The molecule has 31 heavy (non-hydrogen) atoms. The van der Waals surface area contributed by atoms with Crippen molar-refractivity contribution < 1.29 is 35.6 Å². The van der Waals surface area contributed by atoms with E-state index in [4.69, 9.17) is 22.4 Å². The van der Waals surface area contributed by atoms with E-state index in [1.54, 1.807) is 7.11 Å². The average molecular weight is 473 g/mol. The Morgan fingerprint density at radius 1 is 0.806 bits per heavy atom. The lowest BCUT2D eigenvalue weighted by molar-refractivity contribution is -0.0517. The highest BCUT2D eigenvalue weighted by Crippen LogP contribution is 2.31. The SMILES string of the molecule is COCOc1ccc([S+](c2ccccc2)c2ccccc2)cc1.O=S(=O)([O-])C(F)(F)F. The Labute approximate surface area is 181 Å². The number of rotatable bonds is 6. The van der Waals surface area contributed by atoms with Gasteiger partial charge in [-0.15, -0.1) is 0 Å². The van der Waals surface area contributed by atoms with Gasteiger partial charge in [0.05, 0.1) is 10.9 Å².